The number of carbonyl (C=O) groups is 1. The molecule has 2 N–H and O–H groups in total. The normalized spacial score (nSPS) is 12.9. The zero-order chi connectivity index (χ0) is 10.8. The lowest BCUT2D eigenvalue weighted by molar-refractivity contribution is -0.115. The Morgan fingerprint density at radius 1 is 1.60 bits per heavy atom. The maximum absolute atomic E-state index is 11.1. The van der Waals surface area contributed by atoms with Crippen LogP contribution in [-0.2, 0) is 11.2 Å². The van der Waals surface area contributed by atoms with Crippen LogP contribution in [0.5, 0.6) is 0 Å². The molecule has 0 unspecified atom stereocenters. The summed E-state index contributed by atoms with van der Waals surface area (Å²) in [6.45, 7) is 0.417. The summed E-state index contributed by atoms with van der Waals surface area (Å²) >= 11 is 6.01. The Balaban J connectivity index is 2.32. The van der Waals surface area contributed by atoms with Gasteiger partial charge in [-0.3, -0.25) is 4.79 Å². The first kappa shape index (κ1) is 9.88. The van der Waals surface area contributed by atoms with Crippen molar-refractivity contribution in [2.24, 2.45) is 0 Å². The lowest BCUT2D eigenvalue weighted by atomic mass is 10.1. The molecular formula is C11H9ClN2O. The Bertz CT molecular complexity index is 462. The number of carbonyl (C=O) groups excluding carboxylic acids is 1. The number of hydrogen-bond donors (Lipinski definition) is 2. The minimum atomic E-state index is -0.00448. The third-order valence-electron chi connectivity index (χ3n) is 2.20. The molecule has 1 aromatic rings. The Hall–Kier alpha value is -1.66. The maximum Gasteiger partial charge on any atom is 0.228 e. The number of amides is 1. The third kappa shape index (κ3) is 1.90. The topological polar surface area (TPSA) is 41.1 Å². The molecule has 15 heavy (non-hydrogen) atoms. The van der Waals surface area contributed by atoms with E-state index >= 15 is 0 Å². The molecule has 1 heterocycles. The first-order valence-corrected chi connectivity index (χ1v) is 4.88. The predicted octanol–water partition coefficient (Wildman–Crippen LogP) is 1.88. The van der Waals surface area contributed by atoms with Crippen LogP contribution >= 0.6 is 11.6 Å². The lowest BCUT2D eigenvalue weighted by Gasteiger charge is -2.07. The van der Waals surface area contributed by atoms with Crippen molar-refractivity contribution in [3.8, 4) is 12.3 Å². The number of nitrogens with one attached hydrogen (secondary N) is 2. The van der Waals surface area contributed by atoms with Gasteiger partial charge in [0.2, 0.25) is 5.91 Å². The van der Waals surface area contributed by atoms with Crippen molar-refractivity contribution in [1.29, 1.82) is 0 Å². The van der Waals surface area contributed by atoms with Gasteiger partial charge in [0.1, 0.15) is 0 Å². The molecule has 0 spiro atoms. The zero-order valence-electron chi connectivity index (χ0n) is 7.93. The predicted molar refractivity (Wildman–Crippen MR) is 61.1 cm³/mol. The molecule has 4 heteroatoms. The highest BCUT2D eigenvalue weighted by Crippen LogP contribution is 2.32. The Morgan fingerprint density at radius 3 is 3.13 bits per heavy atom. The van der Waals surface area contributed by atoms with Crippen molar-refractivity contribution in [3.05, 3.63) is 22.7 Å². The molecular weight excluding hydrogens is 212 g/mol. The van der Waals surface area contributed by atoms with Crippen LogP contribution < -0.4 is 10.6 Å². The molecule has 0 bridgehead atoms. The number of hydrogen-bond acceptors (Lipinski definition) is 2. The smallest absolute Gasteiger partial charge is 0.228 e. The summed E-state index contributed by atoms with van der Waals surface area (Å²) in [5.74, 6) is 2.46. The van der Waals surface area contributed by atoms with Crippen molar-refractivity contribution >= 4 is 28.9 Å². The van der Waals surface area contributed by atoms with Gasteiger partial charge in [-0.2, -0.15) is 0 Å². The fourth-order valence-corrected chi connectivity index (χ4v) is 1.76. The summed E-state index contributed by atoms with van der Waals surface area (Å²) in [5, 5.41) is 6.29. The minimum Gasteiger partial charge on any atom is -0.373 e. The van der Waals surface area contributed by atoms with Gasteiger partial charge in [0.25, 0.3) is 0 Å². The van der Waals surface area contributed by atoms with Crippen LogP contribution in [0, 0.1) is 12.3 Å². The van der Waals surface area contributed by atoms with Crippen molar-refractivity contribution in [2.45, 2.75) is 6.42 Å². The second-order valence-electron chi connectivity index (χ2n) is 3.27. The van der Waals surface area contributed by atoms with E-state index in [1.54, 1.807) is 6.07 Å². The maximum atomic E-state index is 11.1. The van der Waals surface area contributed by atoms with Gasteiger partial charge in [-0.05, 0) is 17.7 Å². The van der Waals surface area contributed by atoms with Crippen LogP contribution in [0.2, 0.25) is 5.02 Å². The van der Waals surface area contributed by atoms with Gasteiger partial charge in [0, 0.05) is 5.69 Å². The van der Waals surface area contributed by atoms with E-state index < -0.39 is 0 Å². The SMILES string of the molecule is C#CCNc1cc2c(cc1Cl)NC(=O)C2. The summed E-state index contributed by atoms with van der Waals surface area (Å²) in [6, 6.07) is 3.59. The van der Waals surface area contributed by atoms with Gasteiger partial charge in [-0.15, -0.1) is 6.42 Å². The molecule has 2 rings (SSSR count). The van der Waals surface area contributed by atoms with Gasteiger partial charge < -0.3 is 10.6 Å². The van der Waals surface area contributed by atoms with E-state index in [0.717, 1.165) is 16.9 Å². The Morgan fingerprint density at radius 2 is 2.40 bits per heavy atom. The molecule has 76 valence electrons. The number of fused-ring (bicyclic) bond motifs is 1. The van der Waals surface area contributed by atoms with Crippen molar-refractivity contribution in [3.63, 3.8) is 0 Å². The fourth-order valence-electron chi connectivity index (χ4n) is 1.53. The second-order valence-corrected chi connectivity index (χ2v) is 3.68. The van der Waals surface area contributed by atoms with Gasteiger partial charge in [0.15, 0.2) is 0 Å². The third-order valence-corrected chi connectivity index (χ3v) is 2.51. The molecule has 0 fully saturated rings. The quantitative estimate of drug-likeness (QED) is 0.748. The van der Waals surface area contributed by atoms with Crippen molar-refractivity contribution in [2.75, 3.05) is 17.2 Å². The van der Waals surface area contributed by atoms with Crippen LogP contribution in [0.4, 0.5) is 11.4 Å². The van der Waals surface area contributed by atoms with Crippen LogP contribution in [-0.4, -0.2) is 12.5 Å². The molecule has 0 atom stereocenters. The fraction of sp³-hybridized carbons (Fsp3) is 0.182. The molecule has 3 nitrogen and oxygen atoms in total. The molecule has 1 aliphatic rings. The highest BCUT2D eigenvalue weighted by atomic mass is 35.5. The summed E-state index contributed by atoms with van der Waals surface area (Å²) in [6.07, 6.45) is 5.54. The highest BCUT2D eigenvalue weighted by molar-refractivity contribution is 6.33. The van der Waals surface area contributed by atoms with Gasteiger partial charge in [-0.25, -0.2) is 0 Å². The minimum absolute atomic E-state index is 0.00448. The second kappa shape index (κ2) is 3.84. The van der Waals surface area contributed by atoms with Crippen LogP contribution in [0.1, 0.15) is 5.56 Å². The summed E-state index contributed by atoms with van der Waals surface area (Å²) in [5.41, 5.74) is 2.50. The summed E-state index contributed by atoms with van der Waals surface area (Å²) < 4.78 is 0. The standard InChI is InChI=1S/C11H9ClN2O/c1-2-3-13-10-4-7-5-11(15)14-9(7)6-8(10)12/h1,4,6,13H,3,5H2,(H,14,15). The number of terminal acetylenes is 1. The molecule has 1 amide bonds. The average molecular weight is 221 g/mol. The summed E-state index contributed by atoms with van der Waals surface area (Å²) in [4.78, 5) is 11.1. The molecule has 0 aromatic heterocycles. The first-order valence-electron chi connectivity index (χ1n) is 4.50. The molecule has 1 aromatic carbocycles. The molecule has 0 saturated heterocycles. The van der Waals surface area contributed by atoms with E-state index in [1.165, 1.54) is 0 Å². The largest absolute Gasteiger partial charge is 0.373 e. The van der Waals surface area contributed by atoms with E-state index in [9.17, 15) is 4.79 Å². The first-order chi connectivity index (χ1) is 7.20. The van der Waals surface area contributed by atoms with Crippen molar-refractivity contribution < 1.29 is 4.79 Å². The van der Waals surface area contributed by atoms with Crippen LogP contribution in [0.3, 0.4) is 0 Å². The van der Waals surface area contributed by atoms with Gasteiger partial charge in [0.05, 0.1) is 23.7 Å². The lowest BCUT2D eigenvalue weighted by Crippen LogP contribution is -2.03. The van der Waals surface area contributed by atoms with Gasteiger partial charge >= 0.3 is 0 Å². The number of halogens is 1. The highest BCUT2D eigenvalue weighted by Gasteiger charge is 2.19. The summed E-state index contributed by atoms with van der Waals surface area (Å²) in [7, 11) is 0. The molecule has 0 radical (unpaired) electrons. The van der Waals surface area contributed by atoms with E-state index in [0.29, 0.717) is 18.0 Å². The number of anilines is 2. The van der Waals surface area contributed by atoms with E-state index in [4.69, 9.17) is 18.0 Å². The number of benzene rings is 1. The molecule has 0 aliphatic carbocycles. The molecule has 0 saturated carbocycles. The molecule has 1 aliphatic heterocycles. The zero-order valence-corrected chi connectivity index (χ0v) is 8.69. The average Bonchev–Trinajstić information content (AvgIpc) is 2.53. The monoisotopic (exact) mass is 220 g/mol. The van der Waals surface area contributed by atoms with Crippen LogP contribution in [0.15, 0.2) is 12.1 Å². The van der Waals surface area contributed by atoms with Gasteiger partial charge in [-0.1, -0.05) is 17.5 Å². The van der Waals surface area contributed by atoms with Crippen molar-refractivity contribution in [1.82, 2.24) is 0 Å². The van der Waals surface area contributed by atoms with Crippen LogP contribution in [0.25, 0.3) is 0 Å². The van der Waals surface area contributed by atoms with E-state index in [-0.39, 0.29) is 5.91 Å². The van der Waals surface area contributed by atoms with E-state index in [2.05, 4.69) is 16.6 Å². The number of rotatable bonds is 2. The Labute approximate surface area is 92.8 Å². The van der Waals surface area contributed by atoms with E-state index in [1.807, 2.05) is 6.07 Å². The Kier molecular flexibility index (Phi) is 2.53.